The largest absolute Gasteiger partial charge is 1.00 e. The topological polar surface area (TPSA) is 44.1 Å². The third kappa shape index (κ3) is 2.56. The Balaban J connectivity index is 0.000000845. The van der Waals surface area contributed by atoms with Gasteiger partial charge in [-0.2, -0.15) is 0 Å². The third-order valence-electron chi connectivity index (χ3n) is 1.69. The van der Waals surface area contributed by atoms with Crippen LogP contribution in [0.3, 0.4) is 0 Å². The van der Waals surface area contributed by atoms with Crippen molar-refractivity contribution >= 4 is 10.9 Å². The number of hydrogen-bond donors (Lipinski definition) is 0. The Bertz CT molecular complexity index is 478. The first-order valence-corrected chi connectivity index (χ1v) is 3.66. The zero-order chi connectivity index (χ0) is 8.55. The average molecular weight is 245 g/mol. The zero-order valence-corrected chi connectivity index (χ0v) is 12.5. The van der Waals surface area contributed by atoms with Gasteiger partial charge < -0.3 is 9.78 Å². The molecule has 13 heavy (non-hydrogen) atoms. The van der Waals surface area contributed by atoms with E-state index in [9.17, 15) is 4.79 Å². The Hall–Kier alpha value is 0.165. The van der Waals surface area contributed by atoms with Gasteiger partial charge in [-0.05, 0) is 24.4 Å². The van der Waals surface area contributed by atoms with E-state index in [-0.39, 0.29) is 63.7 Å². The standard InChI is InChI=1S/C9H8N2O.Rb/c1-6-4-7-2-3-9(12)11-8(7)5-10-6;/h2-5H,1H3,(H,11,12);/q;+1/p-1. The van der Waals surface area contributed by atoms with Gasteiger partial charge in [-0.1, -0.05) is 6.07 Å². The van der Waals surface area contributed by atoms with Crippen LogP contribution >= 0.6 is 0 Å². The first-order chi connectivity index (χ1) is 5.75. The van der Waals surface area contributed by atoms with Crippen LogP contribution in [-0.2, 0) is 0 Å². The maximum absolute atomic E-state index is 10.8. The quantitative estimate of drug-likeness (QED) is 0.532. The van der Waals surface area contributed by atoms with Crippen molar-refractivity contribution in [3.8, 4) is 0 Å². The summed E-state index contributed by atoms with van der Waals surface area (Å²) in [5.41, 5.74) is 1.38. The number of aromatic nitrogens is 2. The second-order valence-corrected chi connectivity index (χ2v) is 2.67. The fraction of sp³-hybridized carbons (Fsp3) is 0.111. The summed E-state index contributed by atoms with van der Waals surface area (Å²) < 4.78 is 0. The first kappa shape index (κ1) is 11.2. The summed E-state index contributed by atoms with van der Waals surface area (Å²) in [6, 6.07) is 5.13. The van der Waals surface area contributed by atoms with Crippen LogP contribution in [0.5, 0.6) is 0 Å². The molecule has 0 atom stereocenters. The van der Waals surface area contributed by atoms with Crippen LogP contribution in [0.15, 0.2) is 29.2 Å². The molecule has 0 saturated heterocycles. The maximum atomic E-state index is 10.8. The molecule has 2 heterocycles. The summed E-state index contributed by atoms with van der Waals surface area (Å²) >= 11 is 0. The maximum Gasteiger partial charge on any atom is 1.00 e. The van der Waals surface area contributed by atoms with Crippen LogP contribution in [0.4, 0.5) is 0 Å². The van der Waals surface area contributed by atoms with Crippen molar-refractivity contribution in [2.45, 2.75) is 6.92 Å². The van der Waals surface area contributed by atoms with E-state index in [2.05, 4.69) is 9.97 Å². The minimum Gasteiger partial charge on any atom is -0.621 e. The molecule has 0 aliphatic heterocycles. The van der Waals surface area contributed by atoms with Gasteiger partial charge in [0.15, 0.2) is 0 Å². The van der Waals surface area contributed by atoms with Crippen LogP contribution in [-0.4, -0.2) is 4.98 Å². The SMILES string of the molecule is Cc1cc2ccc(=O)[n-]c2cn1.[Rb+]. The second-order valence-electron chi connectivity index (χ2n) is 2.67. The molecule has 0 N–H and O–H groups in total. The molecule has 0 radical (unpaired) electrons. The molecule has 2 aromatic heterocycles. The predicted molar refractivity (Wildman–Crippen MR) is 46.1 cm³/mol. The molecule has 0 fully saturated rings. The van der Waals surface area contributed by atoms with Gasteiger partial charge in [-0.15, -0.1) is 5.52 Å². The van der Waals surface area contributed by atoms with Gasteiger partial charge in [-0.3, -0.25) is 4.98 Å². The molecule has 0 aliphatic carbocycles. The van der Waals surface area contributed by atoms with Crippen LogP contribution in [0.1, 0.15) is 5.69 Å². The molecule has 4 heteroatoms. The number of rotatable bonds is 0. The third-order valence-corrected chi connectivity index (χ3v) is 1.69. The van der Waals surface area contributed by atoms with E-state index in [1.165, 1.54) is 6.07 Å². The fourth-order valence-electron chi connectivity index (χ4n) is 1.12. The van der Waals surface area contributed by atoms with Gasteiger partial charge in [0.2, 0.25) is 0 Å². The Morgan fingerprint density at radius 3 is 2.92 bits per heavy atom. The zero-order valence-electron chi connectivity index (χ0n) is 7.61. The van der Waals surface area contributed by atoms with Crippen molar-refractivity contribution in [2.75, 3.05) is 0 Å². The van der Waals surface area contributed by atoms with Gasteiger partial charge in [0.25, 0.3) is 0 Å². The van der Waals surface area contributed by atoms with Crippen molar-refractivity contribution in [1.82, 2.24) is 9.97 Å². The van der Waals surface area contributed by atoms with Crippen molar-refractivity contribution in [2.24, 2.45) is 0 Å². The van der Waals surface area contributed by atoms with Gasteiger partial charge in [-0.25, -0.2) is 0 Å². The average Bonchev–Trinajstić information content (AvgIpc) is 2.05. The molecule has 0 spiro atoms. The molecule has 2 rings (SSSR count). The van der Waals surface area contributed by atoms with Crippen LogP contribution in [0, 0.1) is 6.92 Å². The predicted octanol–water partition coefficient (Wildman–Crippen LogP) is -2.14. The van der Waals surface area contributed by atoms with Gasteiger partial charge in [0, 0.05) is 11.9 Å². The summed E-state index contributed by atoms with van der Waals surface area (Å²) in [4.78, 5) is 18.7. The molecular formula is C9H7N2ORb. The fourth-order valence-corrected chi connectivity index (χ4v) is 1.12. The molecule has 0 aromatic carbocycles. The molecule has 0 aliphatic rings. The Morgan fingerprint density at radius 1 is 1.38 bits per heavy atom. The van der Waals surface area contributed by atoms with Crippen molar-refractivity contribution in [3.63, 3.8) is 0 Å². The summed E-state index contributed by atoms with van der Waals surface area (Å²) in [7, 11) is 0. The first-order valence-electron chi connectivity index (χ1n) is 3.66. The van der Waals surface area contributed by atoms with Crippen LogP contribution in [0.2, 0.25) is 0 Å². The second kappa shape index (κ2) is 4.60. The molecule has 0 saturated carbocycles. The summed E-state index contributed by atoms with van der Waals surface area (Å²) in [5, 5.41) is 0.960. The smallest absolute Gasteiger partial charge is 0.621 e. The van der Waals surface area contributed by atoms with E-state index in [4.69, 9.17) is 0 Å². The van der Waals surface area contributed by atoms with E-state index in [1.807, 2.05) is 13.0 Å². The number of pyridine rings is 2. The number of hydrogen-bond acceptors (Lipinski definition) is 2. The molecule has 0 bridgehead atoms. The molecule has 0 amide bonds. The van der Waals surface area contributed by atoms with Crippen LogP contribution in [0.25, 0.3) is 10.9 Å². The van der Waals surface area contributed by atoms with E-state index in [0.29, 0.717) is 5.52 Å². The summed E-state index contributed by atoms with van der Waals surface area (Å²) in [6.07, 6.45) is 1.62. The van der Waals surface area contributed by atoms with E-state index >= 15 is 0 Å². The number of fused-ring (bicyclic) bond motifs is 1. The van der Waals surface area contributed by atoms with Crippen LogP contribution < -0.4 is 68.7 Å². The molecule has 0 unspecified atom stereocenters. The van der Waals surface area contributed by atoms with Gasteiger partial charge in [0.1, 0.15) is 0 Å². The minimum absolute atomic E-state index is 0. The van der Waals surface area contributed by atoms with Gasteiger partial charge in [0.05, 0.1) is 5.56 Å². The van der Waals surface area contributed by atoms with Crippen molar-refractivity contribution in [1.29, 1.82) is 0 Å². The Labute approximate surface area is 124 Å². The molecular weight excluding hydrogens is 238 g/mol. The van der Waals surface area contributed by atoms with Gasteiger partial charge >= 0.3 is 58.2 Å². The molecule has 60 valence electrons. The summed E-state index contributed by atoms with van der Waals surface area (Å²) in [5.74, 6) is 0. The van der Waals surface area contributed by atoms with E-state index < -0.39 is 0 Å². The normalized spacial score (nSPS) is 9.62. The van der Waals surface area contributed by atoms with Crippen molar-refractivity contribution < 1.29 is 58.2 Å². The molecule has 2 aromatic rings. The Kier molecular flexibility index (Phi) is 3.97. The van der Waals surface area contributed by atoms with Crippen molar-refractivity contribution in [3.05, 3.63) is 40.4 Å². The monoisotopic (exact) mass is 244 g/mol. The number of aryl methyl sites for hydroxylation is 1. The number of nitrogens with zero attached hydrogens (tertiary/aromatic N) is 2. The van der Waals surface area contributed by atoms with E-state index in [1.54, 1.807) is 12.3 Å². The molecule has 3 nitrogen and oxygen atoms in total. The Morgan fingerprint density at radius 2 is 2.15 bits per heavy atom. The summed E-state index contributed by atoms with van der Waals surface area (Å²) in [6.45, 7) is 1.91. The van der Waals surface area contributed by atoms with E-state index in [0.717, 1.165) is 11.1 Å². The minimum atomic E-state index is -0.215.